The van der Waals surface area contributed by atoms with E-state index in [-0.39, 0.29) is 10.2 Å². The van der Waals surface area contributed by atoms with Crippen molar-refractivity contribution >= 4 is 46.3 Å². The Morgan fingerprint density at radius 3 is 2.70 bits per heavy atom. The predicted octanol–water partition coefficient (Wildman–Crippen LogP) is 2.76. The molecular weight excluding hydrogens is 332 g/mol. The lowest BCUT2D eigenvalue weighted by molar-refractivity contribution is -0.140. The molecule has 3 rings (SSSR count). The number of hydrogen-bond acceptors (Lipinski definition) is 4. The van der Waals surface area contributed by atoms with Crippen molar-refractivity contribution in [3.05, 3.63) is 59.3 Å². The molecule has 0 atom stereocenters. The number of rotatable bonds is 4. The van der Waals surface area contributed by atoms with E-state index < -0.39 is 12.5 Å². The predicted molar refractivity (Wildman–Crippen MR) is 93.3 cm³/mol. The molecule has 2 heterocycles. The smallest absolute Gasteiger partial charge is 0.323 e. The van der Waals surface area contributed by atoms with E-state index in [4.69, 9.17) is 17.3 Å². The molecular formula is C16H12N2O3S2. The summed E-state index contributed by atoms with van der Waals surface area (Å²) in [6, 6.07) is 11.7. The maximum Gasteiger partial charge on any atom is 0.323 e. The van der Waals surface area contributed by atoms with Crippen molar-refractivity contribution in [3.8, 4) is 5.69 Å². The molecule has 23 heavy (non-hydrogen) atoms. The van der Waals surface area contributed by atoms with Crippen LogP contribution in [-0.2, 0) is 9.59 Å². The minimum atomic E-state index is -1.09. The number of aliphatic carboxylic acids is 1. The van der Waals surface area contributed by atoms with Gasteiger partial charge in [-0.15, -0.1) is 0 Å². The number of carbonyl (C=O) groups is 2. The summed E-state index contributed by atoms with van der Waals surface area (Å²) in [7, 11) is 0. The van der Waals surface area contributed by atoms with Crippen LogP contribution >= 0.6 is 24.0 Å². The number of thiocarbonyl (C=S) groups is 1. The topological polar surface area (TPSA) is 62.5 Å². The zero-order chi connectivity index (χ0) is 16.4. The second-order valence-corrected chi connectivity index (χ2v) is 6.53. The Kier molecular flexibility index (Phi) is 4.31. The van der Waals surface area contributed by atoms with Gasteiger partial charge >= 0.3 is 5.97 Å². The zero-order valence-electron chi connectivity index (χ0n) is 11.9. The van der Waals surface area contributed by atoms with Crippen molar-refractivity contribution in [3.63, 3.8) is 0 Å². The fraction of sp³-hybridized carbons (Fsp3) is 0.0625. The molecule has 1 aliphatic heterocycles. The van der Waals surface area contributed by atoms with E-state index >= 15 is 0 Å². The minimum Gasteiger partial charge on any atom is -0.480 e. The number of carboxylic acids is 1. The third kappa shape index (κ3) is 3.35. The maximum absolute atomic E-state index is 12.2. The Morgan fingerprint density at radius 2 is 2.00 bits per heavy atom. The van der Waals surface area contributed by atoms with Crippen LogP contribution in [0.2, 0.25) is 0 Å². The van der Waals surface area contributed by atoms with Crippen molar-refractivity contribution in [2.45, 2.75) is 0 Å². The van der Waals surface area contributed by atoms with E-state index in [9.17, 15) is 9.59 Å². The van der Waals surface area contributed by atoms with Gasteiger partial charge in [-0.1, -0.05) is 42.2 Å². The highest BCUT2D eigenvalue weighted by molar-refractivity contribution is 8.26. The number of hydrogen-bond donors (Lipinski definition) is 1. The van der Waals surface area contributed by atoms with Gasteiger partial charge in [-0.2, -0.15) is 0 Å². The molecule has 0 radical (unpaired) electrons. The van der Waals surface area contributed by atoms with Gasteiger partial charge in [0.25, 0.3) is 5.91 Å². The van der Waals surface area contributed by atoms with Gasteiger partial charge in [0, 0.05) is 18.1 Å². The second-order valence-electron chi connectivity index (χ2n) is 4.85. The first-order chi connectivity index (χ1) is 11.0. The lowest BCUT2D eigenvalue weighted by Gasteiger charge is -2.10. The third-order valence-electron chi connectivity index (χ3n) is 3.23. The first-order valence-electron chi connectivity index (χ1n) is 6.75. The first-order valence-corrected chi connectivity index (χ1v) is 7.97. The van der Waals surface area contributed by atoms with Crippen molar-refractivity contribution < 1.29 is 14.7 Å². The zero-order valence-corrected chi connectivity index (χ0v) is 13.5. The molecule has 1 saturated heterocycles. The van der Waals surface area contributed by atoms with Gasteiger partial charge in [0.2, 0.25) is 0 Å². The Labute approximate surface area is 142 Å². The average molecular weight is 344 g/mol. The summed E-state index contributed by atoms with van der Waals surface area (Å²) >= 11 is 6.19. The Bertz CT molecular complexity index is 812. The van der Waals surface area contributed by atoms with Gasteiger partial charge < -0.3 is 9.67 Å². The van der Waals surface area contributed by atoms with Crippen LogP contribution < -0.4 is 0 Å². The number of aromatic nitrogens is 1. The van der Waals surface area contributed by atoms with E-state index in [1.807, 2.05) is 53.4 Å². The number of thioether (sulfide) groups is 1. The molecule has 7 heteroatoms. The van der Waals surface area contributed by atoms with Crippen LogP contribution in [0.1, 0.15) is 5.56 Å². The lowest BCUT2D eigenvalue weighted by atomic mass is 10.3. The van der Waals surface area contributed by atoms with Gasteiger partial charge in [-0.3, -0.25) is 14.5 Å². The van der Waals surface area contributed by atoms with Gasteiger partial charge in [0.1, 0.15) is 10.9 Å². The molecule has 2 aromatic rings. The van der Waals surface area contributed by atoms with Crippen molar-refractivity contribution in [1.29, 1.82) is 0 Å². The molecule has 1 aromatic carbocycles. The summed E-state index contributed by atoms with van der Waals surface area (Å²) in [6.07, 6.45) is 5.53. The van der Waals surface area contributed by atoms with E-state index in [0.717, 1.165) is 27.9 Å². The summed E-state index contributed by atoms with van der Waals surface area (Å²) < 4.78 is 2.22. The van der Waals surface area contributed by atoms with Gasteiger partial charge in [-0.05, 0) is 29.8 Å². The van der Waals surface area contributed by atoms with Crippen LogP contribution in [0.15, 0.2) is 53.7 Å². The highest BCUT2D eigenvalue weighted by Gasteiger charge is 2.33. The lowest BCUT2D eigenvalue weighted by Crippen LogP contribution is -2.33. The molecule has 1 N–H and O–H groups in total. The monoisotopic (exact) mass is 344 g/mol. The Balaban J connectivity index is 1.83. The summed E-state index contributed by atoms with van der Waals surface area (Å²) in [6.45, 7) is -0.410. The molecule has 1 aliphatic rings. The van der Waals surface area contributed by atoms with E-state index in [2.05, 4.69) is 0 Å². The standard InChI is InChI=1S/C16H12N2O3S2/c19-14(20)10-18-15(21)13(23-16(18)22)8-11-6-7-17(9-11)12-4-2-1-3-5-12/h1-9H,10H2,(H,19,20)/b13-8-. The second kappa shape index (κ2) is 6.39. The Hall–Kier alpha value is -2.38. The molecule has 1 amide bonds. The molecule has 0 aliphatic carbocycles. The third-order valence-corrected chi connectivity index (χ3v) is 4.61. The van der Waals surface area contributed by atoms with E-state index in [1.54, 1.807) is 6.08 Å². The number of benzene rings is 1. The molecule has 0 unspecified atom stereocenters. The molecule has 5 nitrogen and oxygen atoms in total. The minimum absolute atomic E-state index is 0.270. The molecule has 1 fully saturated rings. The number of carboxylic acid groups (broad SMARTS) is 1. The Morgan fingerprint density at radius 1 is 1.26 bits per heavy atom. The molecule has 0 saturated carbocycles. The van der Waals surface area contributed by atoms with E-state index in [0.29, 0.717) is 4.91 Å². The quantitative estimate of drug-likeness (QED) is 0.683. The van der Waals surface area contributed by atoms with Crippen molar-refractivity contribution in [2.24, 2.45) is 0 Å². The molecule has 116 valence electrons. The number of para-hydroxylation sites is 1. The molecule has 0 spiro atoms. The average Bonchev–Trinajstić information content (AvgIpc) is 3.09. The number of nitrogens with zero attached hydrogens (tertiary/aromatic N) is 2. The maximum atomic E-state index is 12.2. The van der Waals surface area contributed by atoms with Gasteiger partial charge in [0.15, 0.2) is 0 Å². The van der Waals surface area contributed by atoms with Gasteiger partial charge in [0.05, 0.1) is 4.91 Å². The summed E-state index contributed by atoms with van der Waals surface area (Å²) in [5.41, 5.74) is 1.87. The van der Waals surface area contributed by atoms with Crippen LogP contribution in [0.25, 0.3) is 11.8 Å². The first kappa shape index (κ1) is 15.5. The van der Waals surface area contributed by atoms with Crippen LogP contribution in [0.5, 0.6) is 0 Å². The fourth-order valence-corrected chi connectivity index (χ4v) is 3.44. The molecule has 1 aromatic heterocycles. The van der Waals surface area contributed by atoms with Crippen LogP contribution in [0.3, 0.4) is 0 Å². The SMILES string of the molecule is O=C(O)CN1C(=O)/C(=C/c2ccn(-c3ccccc3)c2)SC1=S. The fourth-order valence-electron chi connectivity index (χ4n) is 2.18. The van der Waals surface area contributed by atoms with Crippen LogP contribution in [0.4, 0.5) is 0 Å². The molecule has 0 bridgehead atoms. The largest absolute Gasteiger partial charge is 0.480 e. The van der Waals surface area contributed by atoms with Gasteiger partial charge in [-0.25, -0.2) is 0 Å². The highest BCUT2D eigenvalue weighted by Crippen LogP contribution is 2.32. The van der Waals surface area contributed by atoms with Crippen LogP contribution in [0, 0.1) is 0 Å². The number of carbonyl (C=O) groups excluding carboxylic acids is 1. The summed E-state index contributed by atoms with van der Waals surface area (Å²) in [5.74, 6) is -1.45. The normalized spacial score (nSPS) is 16.3. The summed E-state index contributed by atoms with van der Waals surface area (Å²) in [5, 5.41) is 8.83. The summed E-state index contributed by atoms with van der Waals surface area (Å²) in [4.78, 5) is 24.5. The number of amides is 1. The highest BCUT2D eigenvalue weighted by atomic mass is 32.2. The van der Waals surface area contributed by atoms with Crippen molar-refractivity contribution in [2.75, 3.05) is 6.54 Å². The van der Waals surface area contributed by atoms with E-state index in [1.165, 1.54) is 0 Å². The van der Waals surface area contributed by atoms with Crippen molar-refractivity contribution in [1.82, 2.24) is 9.47 Å². The van der Waals surface area contributed by atoms with Crippen LogP contribution in [-0.4, -0.2) is 37.3 Å².